The first-order valence-electron chi connectivity index (χ1n) is 7.60. The van der Waals surface area contributed by atoms with Crippen molar-refractivity contribution in [1.29, 1.82) is 0 Å². The average molecular weight is 298 g/mol. The van der Waals surface area contributed by atoms with Crippen LogP contribution in [0.3, 0.4) is 0 Å². The van der Waals surface area contributed by atoms with E-state index in [0.29, 0.717) is 0 Å². The lowest BCUT2D eigenvalue weighted by Crippen LogP contribution is -2.40. The molecule has 2 heterocycles. The van der Waals surface area contributed by atoms with Gasteiger partial charge in [0.25, 0.3) is 0 Å². The van der Waals surface area contributed by atoms with Crippen molar-refractivity contribution in [3.05, 3.63) is 48.5 Å². The number of anilines is 2. The second kappa shape index (κ2) is 6.18. The van der Waals surface area contributed by atoms with E-state index in [4.69, 9.17) is 9.47 Å². The molecular weight excluding hydrogens is 276 g/mol. The summed E-state index contributed by atoms with van der Waals surface area (Å²) >= 11 is 0. The summed E-state index contributed by atoms with van der Waals surface area (Å²) in [5.74, 6) is 1.92. The van der Waals surface area contributed by atoms with E-state index in [1.165, 1.54) is 0 Å². The van der Waals surface area contributed by atoms with E-state index < -0.39 is 0 Å². The Morgan fingerprint density at radius 2 is 1.50 bits per heavy atom. The molecular formula is C18H22N2O2. The molecule has 0 saturated heterocycles. The maximum absolute atomic E-state index is 5.58. The summed E-state index contributed by atoms with van der Waals surface area (Å²) in [5, 5.41) is 6.65. The van der Waals surface area contributed by atoms with E-state index in [9.17, 15) is 0 Å². The molecule has 0 aromatic heterocycles. The molecule has 2 N–H and O–H groups in total. The second-order valence-electron chi connectivity index (χ2n) is 6.07. The molecule has 0 amide bonds. The Morgan fingerprint density at radius 1 is 0.864 bits per heavy atom. The molecule has 0 unspecified atom stereocenters. The Kier molecular flexibility index (Phi) is 4.09. The molecule has 2 aromatic carbocycles. The van der Waals surface area contributed by atoms with Gasteiger partial charge in [-0.2, -0.15) is 0 Å². The molecule has 4 rings (SSSR count). The van der Waals surface area contributed by atoms with Crippen molar-refractivity contribution in [2.45, 2.75) is 19.4 Å². The topological polar surface area (TPSA) is 42.5 Å². The molecule has 22 heavy (non-hydrogen) atoms. The first-order valence-corrected chi connectivity index (χ1v) is 7.60. The molecule has 0 radical (unpaired) electrons. The number of ether oxygens (including phenoxy) is 2. The van der Waals surface area contributed by atoms with Crippen LogP contribution in [0.15, 0.2) is 48.5 Å². The number of nitrogens with one attached hydrogen (secondary N) is 2. The smallest absolute Gasteiger partial charge is 0.142 e. The lowest BCUT2D eigenvalue weighted by atomic mass is 10.0. The predicted molar refractivity (Wildman–Crippen MR) is 90.1 cm³/mol. The molecule has 0 bridgehead atoms. The lowest BCUT2D eigenvalue weighted by molar-refractivity contribution is 0.242. The van der Waals surface area contributed by atoms with Gasteiger partial charge in [-0.15, -0.1) is 0 Å². The molecule has 0 aliphatic carbocycles. The van der Waals surface area contributed by atoms with Crippen LogP contribution in [0.5, 0.6) is 11.5 Å². The zero-order valence-corrected chi connectivity index (χ0v) is 13.1. The third-order valence-electron chi connectivity index (χ3n) is 3.51. The number of fused-ring (bicyclic) bond motifs is 2. The monoisotopic (exact) mass is 298 g/mol. The van der Waals surface area contributed by atoms with Gasteiger partial charge >= 0.3 is 0 Å². The number of hydrogen-bond acceptors (Lipinski definition) is 4. The zero-order chi connectivity index (χ0) is 15.4. The van der Waals surface area contributed by atoms with Crippen molar-refractivity contribution in [2.24, 2.45) is 0 Å². The Bertz CT molecular complexity index is 615. The Hall–Kier alpha value is -2.36. The maximum atomic E-state index is 5.58. The Balaban J connectivity index is 0.000000133. The van der Waals surface area contributed by atoms with Gasteiger partial charge in [-0.1, -0.05) is 24.3 Å². The van der Waals surface area contributed by atoms with Crippen LogP contribution in [0, 0.1) is 0 Å². The highest BCUT2D eigenvalue weighted by molar-refractivity contribution is 5.59. The summed E-state index contributed by atoms with van der Waals surface area (Å²) in [6.45, 7) is 6.67. The summed E-state index contributed by atoms with van der Waals surface area (Å²) in [6.07, 6.45) is 0. The molecule has 4 nitrogen and oxygen atoms in total. The lowest BCUT2D eigenvalue weighted by Gasteiger charge is -2.33. The molecule has 0 spiro atoms. The van der Waals surface area contributed by atoms with Gasteiger partial charge in [0.15, 0.2) is 0 Å². The van der Waals surface area contributed by atoms with Gasteiger partial charge in [-0.05, 0) is 38.1 Å². The summed E-state index contributed by atoms with van der Waals surface area (Å²) in [6, 6.07) is 16.0. The Morgan fingerprint density at radius 3 is 2.23 bits per heavy atom. The summed E-state index contributed by atoms with van der Waals surface area (Å²) in [7, 11) is 0. The van der Waals surface area contributed by atoms with Crippen LogP contribution in [0.4, 0.5) is 11.4 Å². The van der Waals surface area contributed by atoms with E-state index in [1.54, 1.807) is 0 Å². The summed E-state index contributed by atoms with van der Waals surface area (Å²) in [4.78, 5) is 0. The molecule has 2 aliphatic rings. The maximum Gasteiger partial charge on any atom is 0.142 e. The molecule has 2 aliphatic heterocycles. The fourth-order valence-corrected chi connectivity index (χ4v) is 2.44. The van der Waals surface area contributed by atoms with E-state index in [-0.39, 0.29) is 5.54 Å². The first-order chi connectivity index (χ1) is 10.6. The predicted octanol–water partition coefficient (Wildman–Crippen LogP) is 3.76. The Labute approximate surface area is 131 Å². The van der Waals surface area contributed by atoms with Crippen molar-refractivity contribution in [3.63, 3.8) is 0 Å². The number of benzene rings is 2. The fourth-order valence-electron chi connectivity index (χ4n) is 2.44. The van der Waals surface area contributed by atoms with Crippen molar-refractivity contribution in [3.8, 4) is 11.5 Å². The van der Waals surface area contributed by atoms with Crippen molar-refractivity contribution < 1.29 is 9.47 Å². The van der Waals surface area contributed by atoms with Gasteiger partial charge in [-0.3, -0.25) is 0 Å². The van der Waals surface area contributed by atoms with Gasteiger partial charge in [0.05, 0.1) is 16.9 Å². The van der Waals surface area contributed by atoms with Crippen LogP contribution in [0.1, 0.15) is 13.8 Å². The van der Waals surface area contributed by atoms with Crippen LogP contribution < -0.4 is 20.1 Å². The minimum atomic E-state index is 0.0500. The van der Waals surface area contributed by atoms with Crippen LogP contribution in [-0.4, -0.2) is 25.3 Å². The van der Waals surface area contributed by atoms with Gasteiger partial charge < -0.3 is 20.1 Å². The molecule has 116 valence electrons. The van der Waals surface area contributed by atoms with Crippen molar-refractivity contribution in [1.82, 2.24) is 0 Å². The van der Waals surface area contributed by atoms with E-state index >= 15 is 0 Å². The highest BCUT2D eigenvalue weighted by atomic mass is 16.5. The van der Waals surface area contributed by atoms with E-state index in [1.807, 2.05) is 48.5 Å². The average Bonchev–Trinajstić information content (AvgIpc) is 2.55. The van der Waals surface area contributed by atoms with Gasteiger partial charge in [0, 0.05) is 6.54 Å². The number of rotatable bonds is 0. The molecule has 4 heteroatoms. The number of para-hydroxylation sites is 4. The number of hydrogen-bond donors (Lipinski definition) is 2. The SMILES string of the molecule is CC1(C)COc2ccccc2N1.c1ccc2c(c1)NCCO2. The minimum absolute atomic E-state index is 0.0500. The first kappa shape index (κ1) is 14.6. The van der Waals surface area contributed by atoms with Crippen LogP contribution in [-0.2, 0) is 0 Å². The second-order valence-corrected chi connectivity index (χ2v) is 6.07. The highest BCUT2D eigenvalue weighted by Gasteiger charge is 2.24. The quantitative estimate of drug-likeness (QED) is 0.777. The molecule has 0 saturated carbocycles. The van der Waals surface area contributed by atoms with Crippen molar-refractivity contribution >= 4 is 11.4 Å². The third kappa shape index (κ3) is 3.45. The molecule has 2 aromatic rings. The molecule has 0 atom stereocenters. The van der Waals surface area contributed by atoms with E-state index in [2.05, 4.69) is 24.5 Å². The normalized spacial score (nSPS) is 17.0. The van der Waals surface area contributed by atoms with Gasteiger partial charge in [-0.25, -0.2) is 0 Å². The summed E-state index contributed by atoms with van der Waals surface area (Å²) in [5.41, 5.74) is 2.25. The van der Waals surface area contributed by atoms with Crippen LogP contribution >= 0.6 is 0 Å². The minimum Gasteiger partial charge on any atom is -0.490 e. The van der Waals surface area contributed by atoms with Crippen molar-refractivity contribution in [2.75, 3.05) is 30.4 Å². The van der Waals surface area contributed by atoms with Crippen LogP contribution in [0.2, 0.25) is 0 Å². The summed E-state index contributed by atoms with van der Waals surface area (Å²) < 4.78 is 10.9. The largest absolute Gasteiger partial charge is 0.490 e. The van der Waals surface area contributed by atoms with Gasteiger partial charge in [0.1, 0.15) is 24.7 Å². The third-order valence-corrected chi connectivity index (χ3v) is 3.51. The fraction of sp³-hybridized carbons (Fsp3) is 0.333. The molecule has 0 fully saturated rings. The van der Waals surface area contributed by atoms with E-state index in [0.717, 1.165) is 42.6 Å². The standard InChI is InChI=1S/C10H13NO.C8H9NO/c1-10(2)7-12-9-6-4-3-5-8(9)11-10;1-2-4-8-7(3-1)9-5-6-10-8/h3-6,11H,7H2,1-2H3;1-4,9H,5-6H2. The zero-order valence-electron chi connectivity index (χ0n) is 13.1. The van der Waals surface area contributed by atoms with Gasteiger partial charge in [0.2, 0.25) is 0 Å². The highest BCUT2D eigenvalue weighted by Crippen LogP contribution is 2.31. The van der Waals surface area contributed by atoms with Crippen LogP contribution in [0.25, 0.3) is 0 Å².